The molecule has 0 bridgehead atoms. The Bertz CT molecular complexity index is 1180. The topological polar surface area (TPSA) is 140 Å². The van der Waals surface area contributed by atoms with E-state index in [9.17, 15) is 18.0 Å². The maximum Gasteiger partial charge on any atom is 0.338 e. The summed E-state index contributed by atoms with van der Waals surface area (Å²) in [6, 6.07) is 8.17. The molecule has 2 heterocycles. The summed E-state index contributed by atoms with van der Waals surface area (Å²) in [5, 5.41) is 10.9. The lowest BCUT2D eigenvalue weighted by molar-refractivity contribution is -0.119. The van der Waals surface area contributed by atoms with Crippen LogP contribution in [0, 0.1) is 6.92 Å². The third-order valence-corrected chi connectivity index (χ3v) is 5.94. The van der Waals surface area contributed by atoms with E-state index in [1.165, 1.54) is 42.6 Å². The number of carbonyl (C=O) groups is 2. The Balaban J connectivity index is 1.55. The van der Waals surface area contributed by atoms with Crippen molar-refractivity contribution in [3.63, 3.8) is 0 Å². The number of ether oxygens (including phenoxy) is 1. The number of carbonyl (C=O) groups excluding carboxylic acids is 2. The minimum atomic E-state index is -3.84. The van der Waals surface area contributed by atoms with Gasteiger partial charge in [-0.3, -0.25) is 9.52 Å². The first kappa shape index (κ1) is 21.6. The van der Waals surface area contributed by atoms with Crippen molar-refractivity contribution in [3.05, 3.63) is 58.3 Å². The van der Waals surface area contributed by atoms with Crippen molar-refractivity contribution in [1.82, 2.24) is 15.2 Å². The van der Waals surface area contributed by atoms with Crippen LogP contribution in [0.2, 0.25) is 5.15 Å². The van der Waals surface area contributed by atoms with Gasteiger partial charge in [0.05, 0.1) is 10.5 Å². The standard InChI is InChI=1S/C17H14ClN5O5S2/c1-10-21-22-17(29-10)23-30(26,27)13-4-2-12(3-5-13)20-15(24)9-28-16(25)11-6-7-19-14(18)8-11/h2-8H,9H2,1H3,(H,20,24)(H,22,23). The van der Waals surface area contributed by atoms with Crippen molar-refractivity contribution in [1.29, 1.82) is 0 Å². The molecule has 13 heteroatoms. The molecular weight excluding hydrogens is 454 g/mol. The van der Waals surface area contributed by atoms with E-state index in [1.807, 2.05) is 0 Å². The highest BCUT2D eigenvalue weighted by Gasteiger charge is 2.17. The number of esters is 1. The Morgan fingerprint density at radius 3 is 2.53 bits per heavy atom. The third kappa shape index (κ3) is 5.72. The number of rotatable bonds is 7. The zero-order valence-electron chi connectivity index (χ0n) is 15.3. The van der Waals surface area contributed by atoms with E-state index in [4.69, 9.17) is 16.3 Å². The van der Waals surface area contributed by atoms with Crippen LogP contribution in [-0.4, -0.2) is 42.1 Å². The molecule has 0 aliphatic rings. The Kier molecular flexibility index (Phi) is 6.59. The molecule has 0 unspecified atom stereocenters. The van der Waals surface area contributed by atoms with Crippen LogP contribution in [-0.2, 0) is 19.6 Å². The normalized spacial score (nSPS) is 11.0. The summed E-state index contributed by atoms with van der Waals surface area (Å²) < 4.78 is 31.9. The van der Waals surface area contributed by atoms with Gasteiger partial charge in [-0.1, -0.05) is 22.9 Å². The number of pyridine rings is 1. The Labute approximate surface area is 180 Å². The van der Waals surface area contributed by atoms with E-state index < -0.39 is 28.5 Å². The summed E-state index contributed by atoms with van der Waals surface area (Å²) in [6.07, 6.45) is 1.34. The van der Waals surface area contributed by atoms with Crippen molar-refractivity contribution >= 4 is 55.7 Å². The number of anilines is 2. The van der Waals surface area contributed by atoms with Crippen LogP contribution < -0.4 is 10.0 Å². The highest BCUT2D eigenvalue weighted by Crippen LogP contribution is 2.20. The van der Waals surface area contributed by atoms with Gasteiger partial charge in [0.15, 0.2) is 6.61 Å². The molecule has 2 N–H and O–H groups in total. The first-order valence-corrected chi connectivity index (χ1v) is 10.9. The molecule has 10 nitrogen and oxygen atoms in total. The molecule has 156 valence electrons. The van der Waals surface area contributed by atoms with E-state index in [-0.39, 0.29) is 20.7 Å². The van der Waals surface area contributed by atoms with Crippen molar-refractivity contribution in [2.75, 3.05) is 16.6 Å². The quantitative estimate of drug-likeness (QED) is 0.399. The summed E-state index contributed by atoms with van der Waals surface area (Å²) in [7, 11) is -3.84. The van der Waals surface area contributed by atoms with Crippen LogP contribution in [0.25, 0.3) is 0 Å². The molecule has 0 saturated carbocycles. The third-order valence-electron chi connectivity index (χ3n) is 3.49. The largest absolute Gasteiger partial charge is 0.452 e. The minimum Gasteiger partial charge on any atom is -0.452 e. The molecular formula is C17H14ClN5O5S2. The number of sulfonamides is 1. The van der Waals surface area contributed by atoms with Crippen LogP contribution in [0.3, 0.4) is 0 Å². The van der Waals surface area contributed by atoms with Crippen molar-refractivity contribution in [2.45, 2.75) is 11.8 Å². The number of aryl methyl sites for hydroxylation is 1. The lowest BCUT2D eigenvalue weighted by Crippen LogP contribution is -2.21. The van der Waals surface area contributed by atoms with Gasteiger partial charge < -0.3 is 10.1 Å². The maximum absolute atomic E-state index is 12.3. The molecule has 1 amide bonds. The fraction of sp³-hybridized carbons (Fsp3) is 0.118. The van der Waals surface area contributed by atoms with E-state index in [0.717, 1.165) is 11.3 Å². The van der Waals surface area contributed by atoms with Gasteiger partial charge in [-0.15, -0.1) is 10.2 Å². The van der Waals surface area contributed by atoms with Gasteiger partial charge in [-0.25, -0.2) is 18.2 Å². The van der Waals surface area contributed by atoms with Gasteiger partial charge in [0, 0.05) is 11.9 Å². The number of nitrogens with one attached hydrogen (secondary N) is 2. The lowest BCUT2D eigenvalue weighted by atomic mass is 10.3. The smallest absolute Gasteiger partial charge is 0.338 e. The summed E-state index contributed by atoms with van der Waals surface area (Å²) in [5.74, 6) is -1.32. The summed E-state index contributed by atoms with van der Waals surface area (Å²) in [5.41, 5.74) is 0.490. The average molecular weight is 468 g/mol. The van der Waals surface area contributed by atoms with E-state index >= 15 is 0 Å². The van der Waals surface area contributed by atoms with Gasteiger partial charge in [0.25, 0.3) is 15.9 Å². The molecule has 0 aliphatic heterocycles. The molecule has 1 aromatic carbocycles. The molecule has 0 spiro atoms. The van der Waals surface area contributed by atoms with E-state index in [1.54, 1.807) is 6.92 Å². The van der Waals surface area contributed by atoms with E-state index in [0.29, 0.717) is 10.7 Å². The summed E-state index contributed by atoms with van der Waals surface area (Å²) >= 11 is 6.80. The molecule has 0 atom stereocenters. The summed E-state index contributed by atoms with van der Waals surface area (Å²) in [6.45, 7) is 1.17. The van der Waals surface area contributed by atoms with Gasteiger partial charge in [-0.2, -0.15) is 0 Å². The maximum atomic E-state index is 12.3. The van der Waals surface area contributed by atoms with Crippen molar-refractivity contribution < 1.29 is 22.7 Å². The van der Waals surface area contributed by atoms with Crippen LogP contribution >= 0.6 is 22.9 Å². The molecule has 0 radical (unpaired) electrons. The van der Waals surface area contributed by atoms with Crippen molar-refractivity contribution in [2.24, 2.45) is 0 Å². The number of hydrogen-bond donors (Lipinski definition) is 2. The number of amides is 1. The Morgan fingerprint density at radius 2 is 1.90 bits per heavy atom. The second kappa shape index (κ2) is 9.15. The number of aromatic nitrogens is 3. The monoisotopic (exact) mass is 467 g/mol. The molecule has 0 saturated heterocycles. The van der Waals surface area contributed by atoms with Crippen LogP contribution in [0.4, 0.5) is 10.8 Å². The molecule has 2 aromatic heterocycles. The number of benzene rings is 1. The minimum absolute atomic E-state index is 0.0191. The fourth-order valence-corrected chi connectivity index (χ4v) is 4.17. The van der Waals surface area contributed by atoms with Crippen LogP contribution in [0.15, 0.2) is 47.5 Å². The van der Waals surface area contributed by atoms with E-state index in [2.05, 4.69) is 25.2 Å². The Hall–Kier alpha value is -3.09. The highest BCUT2D eigenvalue weighted by molar-refractivity contribution is 7.93. The lowest BCUT2D eigenvalue weighted by Gasteiger charge is -2.08. The molecule has 0 aliphatic carbocycles. The van der Waals surface area contributed by atoms with Crippen molar-refractivity contribution in [3.8, 4) is 0 Å². The highest BCUT2D eigenvalue weighted by atomic mass is 35.5. The molecule has 0 fully saturated rings. The van der Waals surface area contributed by atoms with Gasteiger partial charge in [-0.05, 0) is 43.3 Å². The fourth-order valence-electron chi connectivity index (χ4n) is 2.17. The average Bonchev–Trinajstić information content (AvgIpc) is 3.10. The molecule has 30 heavy (non-hydrogen) atoms. The summed E-state index contributed by atoms with van der Waals surface area (Å²) in [4.78, 5) is 27.6. The predicted molar refractivity (Wildman–Crippen MR) is 110 cm³/mol. The second-order valence-electron chi connectivity index (χ2n) is 5.75. The number of halogens is 1. The van der Waals surface area contributed by atoms with Gasteiger partial charge in [0.2, 0.25) is 5.13 Å². The van der Waals surface area contributed by atoms with Gasteiger partial charge >= 0.3 is 5.97 Å². The zero-order chi connectivity index (χ0) is 21.7. The predicted octanol–water partition coefficient (Wildman–Crippen LogP) is 2.49. The van der Waals surface area contributed by atoms with Crippen LogP contribution in [0.1, 0.15) is 15.4 Å². The molecule has 3 rings (SSSR count). The zero-order valence-corrected chi connectivity index (χ0v) is 17.7. The van der Waals surface area contributed by atoms with Gasteiger partial charge in [0.1, 0.15) is 10.2 Å². The molecule has 3 aromatic rings. The number of nitrogens with zero attached hydrogens (tertiary/aromatic N) is 3. The second-order valence-corrected chi connectivity index (χ2v) is 9.00. The SMILES string of the molecule is Cc1nnc(NS(=O)(=O)c2ccc(NC(=O)COC(=O)c3ccnc(Cl)c3)cc2)s1. The van der Waals surface area contributed by atoms with Crippen LogP contribution in [0.5, 0.6) is 0 Å². The first-order chi connectivity index (χ1) is 14.2. The Morgan fingerprint density at radius 1 is 1.17 bits per heavy atom. The first-order valence-electron chi connectivity index (χ1n) is 8.24. The number of hydrogen-bond acceptors (Lipinski definition) is 9.